The topological polar surface area (TPSA) is 150 Å². The average Bonchev–Trinajstić information content (AvgIpc) is 0.727. The highest BCUT2D eigenvalue weighted by Gasteiger charge is 2.46. The Labute approximate surface area is 754 Å². The maximum Gasteiger partial charge on any atom is 0.262 e. The SMILES string of the molecule is CCCCC(CC)Cc1ccc(-c2c3cc(-c4cc5c6ccc7c8c(ccc(c9ccc%10c(c4C(=O)N(C(CCC)CCC)C%10=O)c95)c86)C(=O)N(C(CCC)CCC)C7=O)sc3c(-c3ccc(CC(CC)CCCC)s3)c3cc(-c4cc5c6ccc7c8c(ccc(c9ccc%10c(c4C(=O)N(C(CCC)CCC)C%10=O)c95)c86)C(=O)N(C(CCC)CCC)C7=O)sc23)s1. The van der Waals surface area contributed by atoms with Crippen LogP contribution in [0, 0.1) is 11.8 Å². The summed E-state index contributed by atoms with van der Waals surface area (Å²) in [4.78, 5) is 139. The van der Waals surface area contributed by atoms with Crippen molar-refractivity contribution in [3.05, 3.63) is 176 Å². The summed E-state index contributed by atoms with van der Waals surface area (Å²) in [5.41, 5.74) is 7.46. The van der Waals surface area contributed by atoms with E-state index in [1.54, 1.807) is 32.5 Å². The van der Waals surface area contributed by atoms with Gasteiger partial charge in [0.15, 0.2) is 0 Å². The van der Waals surface area contributed by atoms with Crippen LogP contribution in [0.4, 0.5) is 0 Å². The Bertz CT molecular complexity index is 6470. The van der Waals surface area contributed by atoms with Crippen LogP contribution in [0.5, 0.6) is 0 Å². The zero-order chi connectivity index (χ0) is 87.7. The molecule has 0 fully saturated rings. The minimum atomic E-state index is -0.352. The predicted octanol–water partition coefficient (Wildman–Crippen LogP) is 30.8. The van der Waals surface area contributed by atoms with Crippen LogP contribution in [0.25, 0.3) is 148 Å². The second-order valence-electron chi connectivity index (χ2n) is 36.7. The number of hydrogen-bond acceptors (Lipinski definition) is 12. The number of thiophene rings is 4. The van der Waals surface area contributed by atoms with Crippen molar-refractivity contribution < 1.29 is 38.4 Å². The molecule has 2 atom stereocenters. The molecule has 0 bridgehead atoms. The van der Waals surface area contributed by atoms with E-state index in [0.717, 1.165) is 231 Å². The molecule has 126 heavy (non-hydrogen) atoms. The lowest BCUT2D eigenvalue weighted by Gasteiger charge is -2.36. The zero-order valence-electron chi connectivity index (χ0n) is 75.1. The normalized spacial score (nSPS) is 15.0. The first-order chi connectivity index (χ1) is 61.4. The van der Waals surface area contributed by atoms with E-state index in [1.807, 2.05) is 83.3 Å². The van der Waals surface area contributed by atoms with Gasteiger partial charge in [0.2, 0.25) is 0 Å². The van der Waals surface area contributed by atoms with Crippen molar-refractivity contribution in [3.63, 3.8) is 0 Å². The Kier molecular flexibility index (Phi) is 23.4. The van der Waals surface area contributed by atoms with Crippen molar-refractivity contribution in [3.8, 4) is 41.8 Å². The van der Waals surface area contributed by atoms with E-state index in [9.17, 15) is 0 Å². The Morgan fingerprint density at radius 2 is 0.500 bits per heavy atom. The lowest BCUT2D eigenvalue weighted by Crippen LogP contribution is -2.47. The molecule has 19 rings (SSSR count). The fourth-order valence-electron chi connectivity index (χ4n) is 23.0. The van der Waals surface area contributed by atoms with E-state index < -0.39 is 0 Å². The van der Waals surface area contributed by atoms with E-state index in [4.69, 9.17) is 0 Å². The van der Waals surface area contributed by atoms with Crippen molar-refractivity contribution in [2.45, 2.75) is 274 Å². The summed E-state index contributed by atoms with van der Waals surface area (Å²) >= 11 is 7.08. The molecular formula is C110H114N4O8S4. The number of fused-ring (bicyclic) bond motifs is 6. The summed E-state index contributed by atoms with van der Waals surface area (Å²) in [6.45, 7) is 26.1. The summed E-state index contributed by atoms with van der Waals surface area (Å²) in [5.74, 6) is -1.36. The van der Waals surface area contributed by atoms with E-state index in [-0.39, 0.29) is 71.4 Å². The number of unbranched alkanes of at least 4 members (excludes halogenated alkanes) is 2. The molecule has 8 amide bonds. The first-order valence-electron chi connectivity index (χ1n) is 47.6. The third kappa shape index (κ3) is 13.3. The Morgan fingerprint density at radius 3 is 0.778 bits per heavy atom. The number of benzene rings is 11. The van der Waals surface area contributed by atoms with Crippen molar-refractivity contribution in [1.82, 2.24) is 19.6 Å². The van der Waals surface area contributed by atoms with Gasteiger partial charge in [0, 0.05) is 151 Å². The summed E-state index contributed by atoms with van der Waals surface area (Å²) in [6, 6.07) is 41.0. The van der Waals surface area contributed by atoms with Crippen molar-refractivity contribution in [2.24, 2.45) is 11.8 Å². The van der Waals surface area contributed by atoms with Gasteiger partial charge in [-0.2, -0.15) is 0 Å². The molecule has 646 valence electrons. The van der Waals surface area contributed by atoms with Crippen LogP contribution in [0.1, 0.15) is 330 Å². The molecule has 11 aromatic carbocycles. The lowest BCUT2D eigenvalue weighted by atomic mass is 9.80. The van der Waals surface area contributed by atoms with Crippen LogP contribution >= 0.6 is 45.3 Å². The molecule has 0 spiro atoms. The molecule has 4 aliphatic rings. The Hall–Kier alpha value is -10.1. The molecule has 8 heterocycles. The minimum absolute atomic E-state index is 0.246. The van der Waals surface area contributed by atoms with Crippen LogP contribution < -0.4 is 0 Å². The molecule has 0 N–H and O–H groups in total. The summed E-state index contributed by atoms with van der Waals surface area (Å²) in [6.07, 6.45) is 22.6. The van der Waals surface area contributed by atoms with Gasteiger partial charge in [-0.1, -0.05) is 222 Å². The standard InChI is InChI=1S/C110H114N4O8S4/c1-13-25-35-59(23-11)53-65-37-51-85(123-65)95-83-57-87(81-55-79-71-43-47-75-93-73(103(115)111(105(75)117)61(27-15-3)28-16-4)45-39-67(89(71)93)69-41-49-77-97(91(69)79)99(81)109(121)113(107(77)119)63(31-19-7)32-20-8)126-102(83)96(86-52-38-66(124-86)54-60(24-12)36-26-14-2)84-58-88(125-101(84)95)82-56-80-72-44-48-76-94-74(104(116)112(106(76)118)62(29-17-5)30-18-6)46-40-68(90(72)94)70-42-50-78-98(92(70)80)100(82)110(122)114(108(78)120)64(33-21-9)34-22-10/h37-52,55-64H,13-36,53-54H2,1-12H3. The minimum Gasteiger partial charge on any atom is -0.271 e. The van der Waals surface area contributed by atoms with Gasteiger partial charge in [-0.25, -0.2) is 0 Å². The quantitative estimate of drug-likeness (QED) is 0.0214. The smallest absolute Gasteiger partial charge is 0.262 e. The van der Waals surface area contributed by atoms with Gasteiger partial charge >= 0.3 is 0 Å². The number of amides is 8. The number of carbonyl (C=O) groups excluding carboxylic acids is 8. The third-order valence-corrected chi connectivity index (χ3v) is 33.5. The highest BCUT2D eigenvalue weighted by Crippen LogP contribution is 2.59. The molecule has 0 aliphatic carbocycles. The highest BCUT2D eigenvalue weighted by molar-refractivity contribution is 7.26. The second-order valence-corrected chi connectivity index (χ2v) is 41.2. The van der Waals surface area contributed by atoms with Crippen LogP contribution in [0.15, 0.2) is 121 Å². The lowest BCUT2D eigenvalue weighted by molar-refractivity contribution is 0.0505. The van der Waals surface area contributed by atoms with Gasteiger partial charge in [0.25, 0.3) is 47.3 Å². The first kappa shape index (κ1) is 85.3. The molecule has 0 saturated carbocycles. The molecule has 0 radical (unpaired) electrons. The summed E-state index contributed by atoms with van der Waals surface area (Å²) < 4.78 is 2.07. The van der Waals surface area contributed by atoms with Crippen LogP contribution in [0.2, 0.25) is 0 Å². The highest BCUT2D eigenvalue weighted by atomic mass is 32.1. The maximum absolute atomic E-state index is 16.8. The predicted molar refractivity (Wildman–Crippen MR) is 528 cm³/mol. The van der Waals surface area contributed by atoms with Crippen LogP contribution in [-0.2, 0) is 12.8 Å². The molecular weight excluding hydrogens is 1630 g/mol. The van der Waals surface area contributed by atoms with E-state index in [1.165, 1.54) is 19.6 Å². The number of nitrogens with zero attached hydrogens (tertiary/aromatic N) is 4. The maximum atomic E-state index is 16.8. The molecule has 12 nitrogen and oxygen atoms in total. The fraction of sp³-hybridized carbons (Fsp3) is 0.400. The fourth-order valence-corrected chi connectivity index (χ4v) is 28.0. The average molecular weight is 1750 g/mol. The van der Waals surface area contributed by atoms with Gasteiger partial charge in [-0.15, -0.1) is 45.3 Å². The first-order valence-corrected chi connectivity index (χ1v) is 50.9. The van der Waals surface area contributed by atoms with Gasteiger partial charge in [-0.3, -0.25) is 58.0 Å². The third-order valence-electron chi connectivity index (χ3n) is 28.9. The van der Waals surface area contributed by atoms with Crippen LogP contribution in [-0.4, -0.2) is 91.0 Å². The van der Waals surface area contributed by atoms with Crippen LogP contribution in [0.3, 0.4) is 0 Å². The second kappa shape index (κ2) is 34.5. The number of carbonyl (C=O) groups is 8. The number of rotatable bonds is 36. The molecule has 4 aliphatic heterocycles. The van der Waals surface area contributed by atoms with E-state index >= 15 is 38.4 Å². The monoisotopic (exact) mass is 1750 g/mol. The molecule has 2 unspecified atom stereocenters. The molecule has 4 aromatic heterocycles. The molecule has 16 heteroatoms. The number of imide groups is 4. The Balaban J connectivity index is 0.926. The van der Waals surface area contributed by atoms with Gasteiger partial charge in [0.1, 0.15) is 0 Å². The molecule has 15 aromatic rings. The number of hydrogen-bond donors (Lipinski definition) is 0. The van der Waals surface area contributed by atoms with Crippen molar-refractivity contribution in [1.29, 1.82) is 0 Å². The van der Waals surface area contributed by atoms with Gasteiger partial charge in [0.05, 0.1) is 11.1 Å². The summed E-state index contributed by atoms with van der Waals surface area (Å²) in [5, 5.41) is 14.5. The van der Waals surface area contributed by atoms with E-state index in [2.05, 4.69) is 144 Å². The summed E-state index contributed by atoms with van der Waals surface area (Å²) in [7, 11) is 0. The molecule has 0 saturated heterocycles. The van der Waals surface area contributed by atoms with Gasteiger partial charge in [-0.05, 0) is 226 Å². The van der Waals surface area contributed by atoms with Crippen molar-refractivity contribution in [2.75, 3.05) is 0 Å². The largest absolute Gasteiger partial charge is 0.271 e. The zero-order valence-corrected chi connectivity index (χ0v) is 78.3. The van der Waals surface area contributed by atoms with Crippen molar-refractivity contribution >= 4 is 199 Å². The Morgan fingerprint density at radius 1 is 0.230 bits per heavy atom. The van der Waals surface area contributed by atoms with E-state index in [0.29, 0.717) is 140 Å². The van der Waals surface area contributed by atoms with Gasteiger partial charge < -0.3 is 0 Å².